The summed E-state index contributed by atoms with van der Waals surface area (Å²) in [4.78, 5) is 13.6. The minimum Gasteiger partial charge on any atom is -0.376 e. The largest absolute Gasteiger partial charge is 0.376 e. The molecule has 2 aliphatic heterocycles. The van der Waals surface area contributed by atoms with Crippen LogP contribution < -0.4 is 4.90 Å². The van der Waals surface area contributed by atoms with Crippen LogP contribution in [0.3, 0.4) is 0 Å². The normalized spacial score (nSPS) is 22.3. The third-order valence-corrected chi connectivity index (χ3v) is 7.90. The first-order valence-corrected chi connectivity index (χ1v) is 13.7. The maximum atomic E-state index is 13.8. The van der Waals surface area contributed by atoms with E-state index in [4.69, 9.17) is 16.3 Å². The average Bonchev–Trinajstić information content (AvgIpc) is 3.58. The fourth-order valence-electron chi connectivity index (χ4n) is 5.79. The van der Waals surface area contributed by atoms with Crippen LogP contribution in [0.5, 0.6) is 0 Å². The highest BCUT2D eigenvalue weighted by Crippen LogP contribution is 2.36. The molecule has 0 bridgehead atoms. The summed E-state index contributed by atoms with van der Waals surface area (Å²) in [5.74, 6) is 0.0720. The second-order valence-electron chi connectivity index (χ2n) is 10.4. The highest BCUT2D eigenvalue weighted by Gasteiger charge is 2.37. The van der Waals surface area contributed by atoms with E-state index >= 15 is 0 Å². The Morgan fingerprint density at radius 1 is 0.949 bits per heavy atom. The van der Waals surface area contributed by atoms with Gasteiger partial charge in [-0.1, -0.05) is 29.5 Å². The lowest BCUT2D eigenvalue weighted by molar-refractivity contribution is 0.0944. The lowest BCUT2D eigenvalue weighted by Crippen LogP contribution is -2.57. The zero-order chi connectivity index (χ0) is 27.1. The number of piperazine rings is 1. The summed E-state index contributed by atoms with van der Waals surface area (Å²) >= 11 is 6.42. The van der Waals surface area contributed by atoms with Crippen molar-refractivity contribution in [3.05, 3.63) is 76.6 Å². The Morgan fingerprint density at radius 2 is 1.62 bits per heavy atom. The predicted molar refractivity (Wildman–Crippen MR) is 145 cm³/mol. The summed E-state index contributed by atoms with van der Waals surface area (Å²) in [6.07, 6.45) is 2.10. The maximum absolute atomic E-state index is 13.8. The monoisotopic (exact) mass is 553 g/mol. The molecule has 2 aromatic heterocycles. The zero-order valence-electron chi connectivity index (χ0n) is 21.8. The predicted octanol–water partition coefficient (Wildman–Crippen LogP) is 5.02. The van der Waals surface area contributed by atoms with E-state index in [9.17, 15) is 8.78 Å². The standard InChI is InChI=1S/C28H30ClF2N7O/c1-17-15-37(26-24-27(33-28(29)32-26)38(35-34-24)16-23-4-3-13-39-23)18(2)14-36(17)25(19-5-9-21(30)10-6-19)20-7-11-22(31)12-8-20/h5-12,17-18,23,25H,3-4,13-16H2,1-2H3/t17-,18+,23?/m1/s1. The maximum Gasteiger partial charge on any atom is 0.226 e. The molecule has 8 nitrogen and oxygen atoms in total. The summed E-state index contributed by atoms with van der Waals surface area (Å²) in [5, 5.41) is 8.96. The van der Waals surface area contributed by atoms with E-state index in [2.05, 4.69) is 43.9 Å². The van der Waals surface area contributed by atoms with Crippen LogP contribution in [0.15, 0.2) is 48.5 Å². The van der Waals surface area contributed by atoms with Gasteiger partial charge >= 0.3 is 0 Å². The molecule has 0 radical (unpaired) electrons. The van der Waals surface area contributed by atoms with E-state index in [0.29, 0.717) is 36.6 Å². The van der Waals surface area contributed by atoms with Gasteiger partial charge in [-0.15, -0.1) is 5.10 Å². The van der Waals surface area contributed by atoms with Crippen molar-refractivity contribution in [2.24, 2.45) is 0 Å². The van der Waals surface area contributed by atoms with Crippen molar-refractivity contribution in [2.45, 2.75) is 57.5 Å². The Bertz CT molecular complexity index is 1400. The van der Waals surface area contributed by atoms with Crippen molar-refractivity contribution in [1.29, 1.82) is 0 Å². The van der Waals surface area contributed by atoms with Gasteiger partial charge in [0.1, 0.15) is 11.6 Å². The van der Waals surface area contributed by atoms with Gasteiger partial charge in [-0.25, -0.2) is 13.5 Å². The lowest BCUT2D eigenvalue weighted by atomic mass is 9.93. The molecule has 0 amide bonds. The van der Waals surface area contributed by atoms with Crippen molar-refractivity contribution >= 4 is 28.6 Å². The highest BCUT2D eigenvalue weighted by molar-refractivity contribution is 6.28. The molecule has 204 valence electrons. The molecular formula is C28H30ClF2N7O. The molecule has 11 heteroatoms. The van der Waals surface area contributed by atoms with Crippen LogP contribution in [0.25, 0.3) is 11.2 Å². The lowest BCUT2D eigenvalue weighted by Gasteiger charge is -2.48. The number of halogens is 3. The third kappa shape index (κ3) is 5.20. The Morgan fingerprint density at radius 3 is 2.23 bits per heavy atom. The van der Waals surface area contributed by atoms with Crippen LogP contribution in [-0.4, -0.2) is 67.7 Å². The number of fused-ring (bicyclic) bond motifs is 1. The van der Waals surface area contributed by atoms with Gasteiger partial charge in [-0.2, -0.15) is 9.97 Å². The molecule has 2 aromatic carbocycles. The number of hydrogen-bond acceptors (Lipinski definition) is 7. The summed E-state index contributed by atoms with van der Waals surface area (Å²) in [7, 11) is 0. The number of nitrogens with zero attached hydrogens (tertiary/aromatic N) is 7. The fraction of sp³-hybridized carbons (Fsp3) is 0.429. The van der Waals surface area contributed by atoms with Crippen molar-refractivity contribution in [3.8, 4) is 0 Å². The molecule has 0 aliphatic carbocycles. The minimum absolute atomic E-state index is 0.0297. The molecule has 6 rings (SSSR count). The Kier molecular flexibility index (Phi) is 7.18. The van der Waals surface area contributed by atoms with Crippen LogP contribution in [0.2, 0.25) is 5.28 Å². The van der Waals surface area contributed by atoms with Gasteiger partial charge in [0.2, 0.25) is 5.28 Å². The molecule has 0 saturated carbocycles. The van der Waals surface area contributed by atoms with E-state index < -0.39 is 0 Å². The van der Waals surface area contributed by atoms with Gasteiger partial charge in [0, 0.05) is 31.8 Å². The first kappa shape index (κ1) is 26.0. The minimum atomic E-state index is -0.292. The Balaban J connectivity index is 1.31. The van der Waals surface area contributed by atoms with Crippen molar-refractivity contribution in [1.82, 2.24) is 29.9 Å². The van der Waals surface area contributed by atoms with E-state index in [1.54, 1.807) is 28.9 Å². The number of benzene rings is 2. The number of hydrogen-bond donors (Lipinski definition) is 0. The summed E-state index contributed by atoms with van der Waals surface area (Å²) in [6.45, 7) is 6.92. The number of rotatable bonds is 6. The first-order chi connectivity index (χ1) is 18.9. The topological polar surface area (TPSA) is 72.2 Å². The van der Waals surface area contributed by atoms with Crippen LogP contribution in [-0.2, 0) is 11.3 Å². The van der Waals surface area contributed by atoms with Gasteiger partial charge < -0.3 is 9.64 Å². The second-order valence-corrected chi connectivity index (χ2v) is 10.8. The molecule has 2 saturated heterocycles. The Labute approximate surface area is 230 Å². The van der Waals surface area contributed by atoms with Gasteiger partial charge in [0.25, 0.3) is 0 Å². The summed E-state index contributed by atoms with van der Waals surface area (Å²) in [6, 6.07) is 13.0. The molecule has 0 spiro atoms. The van der Waals surface area contributed by atoms with E-state index in [0.717, 1.165) is 30.6 Å². The number of ether oxygens (including phenoxy) is 1. The zero-order valence-corrected chi connectivity index (χ0v) is 22.6. The van der Waals surface area contributed by atoms with Gasteiger partial charge in [-0.3, -0.25) is 4.90 Å². The average molecular weight is 554 g/mol. The molecular weight excluding hydrogens is 524 g/mol. The van der Waals surface area contributed by atoms with Crippen molar-refractivity contribution in [2.75, 3.05) is 24.6 Å². The molecule has 39 heavy (non-hydrogen) atoms. The van der Waals surface area contributed by atoms with E-state index in [-0.39, 0.29) is 41.1 Å². The molecule has 0 N–H and O–H groups in total. The van der Waals surface area contributed by atoms with Crippen LogP contribution in [0, 0.1) is 11.6 Å². The number of anilines is 1. The quantitative estimate of drug-likeness (QED) is 0.310. The molecule has 2 aliphatic rings. The van der Waals surface area contributed by atoms with Crippen LogP contribution in [0.1, 0.15) is 43.9 Å². The summed E-state index contributed by atoms with van der Waals surface area (Å²) < 4.78 is 35.1. The molecule has 2 fully saturated rings. The first-order valence-electron chi connectivity index (χ1n) is 13.3. The third-order valence-electron chi connectivity index (χ3n) is 7.73. The summed E-state index contributed by atoms with van der Waals surface area (Å²) in [5.41, 5.74) is 3.09. The molecule has 3 atom stereocenters. The van der Waals surface area contributed by atoms with Crippen LogP contribution >= 0.6 is 11.6 Å². The fourth-order valence-corrected chi connectivity index (χ4v) is 5.95. The molecule has 1 unspecified atom stereocenters. The van der Waals surface area contributed by atoms with E-state index in [1.807, 2.05) is 0 Å². The van der Waals surface area contributed by atoms with Crippen LogP contribution in [0.4, 0.5) is 14.6 Å². The van der Waals surface area contributed by atoms with Crippen molar-refractivity contribution < 1.29 is 13.5 Å². The highest BCUT2D eigenvalue weighted by atomic mass is 35.5. The molecule has 4 aromatic rings. The van der Waals surface area contributed by atoms with Crippen molar-refractivity contribution in [3.63, 3.8) is 0 Å². The van der Waals surface area contributed by atoms with Gasteiger partial charge in [0.15, 0.2) is 17.0 Å². The Hall–Kier alpha value is -3.21. The second kappa shape index (κ2) is 10.7. The molecule has 4 heterocycles. The van der Waals surface area contributed by atoms with E-state index in [1.165, 1.54) is 24.3 Å². The smallest absolute Gasteiger partial charge is 0.226 e. The van der Waals surface area contributed by atoms with Gasteiger partial charge in [-0.05, 0) is 73.7 Å². The number of aromatic nitrogens is 5. The SMILES string of the molecule is C[C@@H]1CN(c2nc(Cl)nc3c2nnn3CC2CCCO2)[C@@H](C)CN1C(c1ccc(F)cc1)c1ccc(F)cc1. The van der Waals surface area contributed by atoms with Gasteiger partial charge in [0.05, 0.1) is 18.7 Å².